The van der Waals surface area contributed by atoms with E-state index in [-0.39, 0.29) is 5.56 Å². The SMILES string of the molecule is COc1ccc(-n2c(=S)[nH]c3ccc(I)cc3c2=O)cc1. The van der Waals surface area contributed by atoms with Gasteiger partial charge in [-0.25, -0.2) is 0 Å². The second-order valence-electron chi connectivity index (χ2n) is 4.46. The number of nitrogens with one attached hydrogen (secondary N) is 1. The van der Waals surface area contributed by atoms with Crippen molar-refractivity contribution in [2.45, 2.75) is 0 Å². The number of halogens is 1. The number of benzene rings is 2. The molecule has 1 heterocycles. The Hall–Kier alpha value is -1.67. The summed E-state index contributed by atoms with van der Waals surface area (Å²) in [6.45, 7) is 0. The van der Waals surface area contributed by atoms with Gasteiger partial charge in [0.15, 0.2) is 4.77 Å². The van der Waals surface area contributed by atoms with Gasteiger partial charge in [-0.2, -0.15) is 0 Å². The topological polar surface area (TPSA) is 47.0 Å². The first-order chi connectivity index (χ1) is 10.1. The van der Waals surface area contributed by atoms with Gasteiger partial charge >= 0.3 is 0 Å². The first kappa shape index (κ1) is 14.3. The monoisotopic (exact) mass is 410 g/mol. The van der Waals surface area contributed by atoms with Crippen LogP contribution in [0.1, 0.15) is 0 Å². The van der Waals surface area contributed by atoms with Crippen LogP contribution in [0.2, 0.25) is 0 Å². The molecule has 0 fully saturated rings. The number of H-pyrrole nitrogens is 1. The summed E-state index contributed by atoms with van der Waals surface area (Å²) in [6.07, 6.45) is 0. The van der Waals surface area contributed by atoms with Gasteiger partial charge in [-0.1, -0.05) is 0 Å². The maximum atomic E-state index is 12.7. The molecular weight excluding hydrogens is 399 g/mol. The van der Waals surface area contributed by atoms with Gasteiger partial charge < -0.3 is 9.72 Å². The average molecular weight is 410 g/mol. The third-order valence-corrected chi connectivity index (χ3v) is 4.15. The van der Waals surface area contributed by atoms with Crippen LogP contribution in [0.15, 0.2) is 47.3 Å². The summed E-state index contributed by atoms with van der Waals surface area (Å²) in [5.74, 6) is 0.733. The summed E-state index contributed by atoms with van der Waals surface area (Å²) in [7, 11) is 1.60. The summed E-state index contributed by atoms with van der Waals surface area (Å²) in [5.41, 5.74) is 1.33. The smallest absolute Gasteiger partial charge is 0.266 e. The predicted octanol–water partition coefficient (Wildman–Crippen LogP) is 3.66. The fraction of sp³-hybridized carbons (Fsp3) is 0.0667. The number of aromatic nitrogens is 2. The standard InChI is InChI=1S/C15H11IN2O2S/c1-20-11-5-3-10(4-6-11)18-14(19)12-8-9(16)2-7-13(12)17-15(18)21/h2-8H,1H3,(H,17,21). The number of ether oxygens (including phenoxy) is 1. The minimum Gasteiger partial charge on any atom is -0.497 e. The van der Waals surface area contributed by atoms with Crippen LogP contribution in [-0.2, 0) is 0 Å². The van der Waals surface area contributed by atoms with Crippen molar-refractivity contribution >= 4 is 45.7 Å². The first-order valence-electron chi connectivity index (χ1n) is 6.19. The molecule has 4 nitrogen and oxygen atoms in total. The number of rotatable bonds is 2. The van der Waals surface area contributed by atoms with Crippen molar-refractivity contribution in [2.75, 3.05) is 7.11 Å². The van der Waals surface area contributed by atoms with Crippen molar-refractivity contribution in [3.8, 4) is 11.4 Å². The van der Waals surface area contributed by atoms with Gasteiger partial charge in [0.1, 0.15) is 5.75 Å². The van der Waals surface area contributed by atoms with Crippen molar-refractivity contribution in [2.24, 2.45) is 0 Å². The highest BCUT2D eigenvalue weighted by Gasteiger charge is 2.08. The van der Waals surface area contributed by atoms with E-state index in [4.69, 9.17) is 17.0 Å². The van der Waals surface area contributed by atoms with Crippen molar-refractivity contribution in [3.05, 3.63) is 61.2 Å². The lowest BCUT2D eigenvalue weighted by Gasteiger charge is -2.09. The highest BCUT2D eigenvalue weighted by Crippen LogP contribution is 2.16. The fourth-order valence-corrected chi connectivity index (χ4v) is 2.94. The summed E-state index contributed by atoms with van der Waals surface area (Å²) < 4.78 is 8.00. The summed E-state index contributed by atoms with van der Waals surface area (Å²) in [4.78, 5) is 15.8. The first-order valence-corrected chi connectivity index (χ1v) is 7.68. The highest BCUT2D eigenvalue weighted by molar-refractivity contribution is 14.1. The zero-order valence-corrected chi connectivity index (χ0v) is 14.1. The quantitative estimate of drug-likeness (QED) is 0.518. The molecule has 106 valence electrons. The van der Waals surface area contributed by atoms with Crippen LogP contribution in [0.5, 0.6) is 5.75 Å². The normalized spacial score (nSPS) is 10.8. The van der Waals surface area contributed by atoms with Crippen LogP contribution in [-0.4, -0.2) is 16.7 Å². The molecule has 0 spiro atoms. The molecule has 3 aromatic rings. The molecule has 0 aliphatic rings. The Bertz CT molecular complexity index is 929. The molecule has 0 radical (unpaired) electrons. The fourth-order valence-electron chi connectivity index (χ4n) is 2.15. The third kappa shape index (κ3) is 2.60. The number of aromatic amines is 1. The highest BCUT2D eigenvalue weighted by atomic mass is 127. The lowest BCUT2D eigenvalue weighted by molar-refractivity contribution is 0.414. The second kappa shape index (κ2) is 5.61. The Kier molecular flexibility index (Phi) is 3.81. The number of hydrogen-bond donors (Lipinski definition) is 1. The van der Waals surface area contributed by atoms with Crippen molar-refractivity contribution < 1.29 is 4.74 Å². The Morgan fingerprint density at radius 3 is 2.57 bits per heavy atom. The van der Waals surface area contributed by atoms with Crippen molar-refractivity contribution in [3.63, 3.8) is 0 Å². The predicted molar refractivity (Wildman–Crippen MR) is 94.0 cm³/mol. The zero-order chi connectivity index (χ0) is 15.0. The molecule has 0 aliphatic carbocycles. The summed E-state index contributed by atoms with van der Waals surface area (Å²) in [5, 5.41) is 0.617. The number of fused-ring (bicyclic) bond motifs is 1. The number of methoxy groups -OCH3 is 1. The van der Waals surface area contributed by atoms with E-state index < -0.39 is 0 Å². The van der Waals surface area contributed by atoms with Crippen molar-refractivity contribution in [1.82, 2.24) is 9.55 Å². The van der Waals surface area contributed by atoms with Gasteiger partial charge in [-0.05, 0) is 77.3 Å². The molecule has 0 saturated heterocycles. The number of hydrogen-bond acceptors (Lipinski definition) is 3. The molecule has 2 aromatic carbocycles. The van der Waals surface area contributed by atoms with E-state index in [1.54, 1.807) is 19.2 Å². The largest absolute Gasteiger partial charge is 0.497 e. The van der Waals surface area contributed by atoms with Crippen LogP contribution < -0.4 is 10.3 Å². The van der Waals surface area contributed by atoms with E-state index in [0.717, 1.165) is 14.8 Å². The summed E-state index contributed by atoms with van der Waals surface area (Å²) in [6, 6.07) is 12.9. The molecule has 0 unspecified atom stereocenters. The second-order valence-corrected chi connectivity index (χ2v) is 6.09. The molecule has 0 bridgehead atoms. The van der Waals surface area contributed by atoms with E-state index in [1.165, 1.54) is 4.57 Å². The lowest BCUT2D eigenvalue weighted by atomic mass is 10.2. The minimum absolute atomic E-state index is 0.127. The molecular formula is C15H11IN2O2S. The number of nitrogens with zero attached hydrogens (tertiary/aromatic N) is 1. The van der Waals surface area contributed by atoms with Gasteiger partial charge in [0, 0.05) is 3.57 Å². The van der Waals surface area contributed by atoms with Gasteiger partial charge in [0.05, 0.1) is 23.7 Å². The van der Waals surface area contributed by atoms with E-state index in [2.05, 4.69) is 27.6 Å². The van der Waals surface area contributed by atoms with Gasteiger partial charge in [-0.15, -0.1) is 0 Å². The molecule has 3 rings (SSSR count). The molecule has 1 N–H and O–H groups in total. The molecule has 6 heteroatoms. The van der Waals surface area contributed by atoms with Gasteiger partial charge in [0.25, 0.3) is 5.56 Å². The van der Waals surface area contributed by atoms with Gasteiger partial charge in [0.2, 0.25) is 0 Å². The summed E-state index contributed by atoms with van der Waals surface area (Å²) >= 11 is 7.50. The maximum Gasteiger partial charge on any atom is 0.266 e. The van der Waals surface area contributed by atoms with Gasteiger partial charge in [-0.3, -0.25) is 9.36 Å². The molecule has 0 saturated carbocycles. The van der Waals surface area contributed by atoms with Crippen LogP contribution in [0, 0.1) is 8.34 Å². The Labute approximate surface area is 139 Å². The van der Waals surface area contributed by atoms with E-state index in [9.17, 15) is 4.79 Å². The molecule has 0 amide bonds. The molecule has 0 aliphatic heterocycles. The molecule has 1 aromatic heterocycles. The Morgan fingerprint density at radius 1 is 1.19 bits per heavy atom. The molecule has 21 heavy (non-hydrogen) atoms. The van der Waals surface area contributed by atoms with Crippen LogP contribution in [0.25, 0.3) is 16.6 Å². The van der Waals surface area contributed by atoms with Crippen LogP contribution in [0.4, 0.5) is 0 Å². The maximum absolute atomic E-state index is 12.7. The molecule has 0 atom stereocenters. The third-order valence-electron chi connectivity index (χ3n) is 3.19. The van der Waals surface area contributed by atoms with E-state index >= 15 is 0 Å². The average Bonchev–Trinajstić information content (AvgIpc) is 2.49. The van der Waals surface area contributed by atoms with Crippen LogP contribution >= 0.6 is 34.8 Å². The van der Waals surface area contributed by atoms with Crippen LogP contribution in [0.3, 0.4) is 0 Å². The lowest BCUT2D eigenvalue weighted by Crippen LogP contribution is -2.20. The Morgan fingerprint density at radius 2 is 1.90 bits per heavy atom. The van der Waals surface area contributed by atoms with E-state index in [0.29, 0.717) is 15.8 Å². The van der Waals surface area contributed by atoms with Crippen molar-refractivity contribution in [1.29, 1.82) is 0 Å². The minimum atomic E-state index is -0.127. The zero-order valence-electron chi connectivity index (χ0n) is 11.1. The Balaban J connectivity index is 2.31. The van der Waals surface area contributed by atoms with E-state index in [1.807, 2.05) is 30.3 Å².